The number of hydrogen-bond acceptors (Lipinski definition) is 3. The average Bonchev–Trinajstić information content (AvgIpc) is 3.43. The molecule has 0 radical (unpaired) electrons. The lowest BCUT2D eigenvalue weighted by molar-refractivity contribution is -0.00523. The van der Waals surface area contributed by atoms with Crippen molar-refractivity contribution in [2.45, 2.75) is 62.3 Å². The van der Waals surface area contributed by atoms with Crippen LogP contribution < -0.4 is 10.1 Å². The third-order valence-electron chi connectivity index (χ3n) is 10.5. The van der Waals surface area contributed by atoms with Gasteiger partial charge in [0.15, 0.2) is 0 Å². The van der Waals surface area contributed by atoms with Crippen molar-refractivity contribution in [2.75, 3.05) is 5.32 Å². The van der Waals surface area contributed by atoms with Crippen LogP contribution in [-0.4, -0.2) is 5.97 Å². The number of nitrogens with one attached hydrogen (secondary N) is 1. The zero-order valence-electron chi connectivity index (χ0n) is 21.8. The van der Waals surface area contributed by atoms with Gasteiger partial charge in [0.2, 0.25) is 0 Å². The molecule has 9 rings (SSSR count). The largest absolute Gasteiger partial charge is 0.423 e. The summed E-state index contributed by atoms with van der Waals surface area (Å²) < 4.78 is 5.63. The first-order valence-electron chi connectivity index (χ1n) is 14.6. The molecule has 3 unspecified atom stereocenters. The molecule has 1 aliphatic heterocycles. The van der Waals surface area contributed by atoms with E-state index in [0.717, 1.165) is 24.2 Å². The second kappa shape index (κ2) is 8.59. The van der Waals surface area contributed by atoms with Gasteiger partial charge in [-0.2, -0.15) is 0 Å². The van der Waals surface area contributed by atoms with Crippen LogP contribution in [0.15, 0.2) is 84.9 Å². The molecule has 3 heteroatoms. The lowest BCUT2D eigenvalue weighted by Crippen LogP contribution is -2.48. The summed E-state index contributed by atoms with van der Waals surface area (Å²) in [6.07, 6.45) is 14.6. The normalized spacial score (nSPS) is 33.9. The number of ether oxygens (including phenoxy) is 1. The van der Waals surface area contributed by atoms with E-state index in [2.05, 4.69) is 47.8 Å². The number of fused-ring (bicyclic) bond motifs is 3. The Bertz CT molecular complexity index is 1370. The van der Waals surface area contributed by atoms with E-state index in [0.29, 0.717) is 28.6 Å². The average molecular weight is 502 g/mol. The van der Waals surface area contributed by atoms with Crippen LogP contribution in [-0.2, 0) is 5.41 Å². The van der Waals surface area contributed by atoms with Gasteiger partial charge in [-0.25, -0.2) is 4.79 Å². The lowest BCUT2D eigenvalue weighted by atomic mass is 9.48. The van der Waals surface area contributed by atoms with Gasteiger partial charge in [-0.15, -0.1) is 0 Å². The van der Waals surface area contributed by atoms with Gasteiger partial charge in [0.25, 0.3) is 0 Å². The maximum atomic E-state index is 12.5. The summed E-state index contributed by atoms with van der Waals surface area (Å²) >= 11 is 0. The predicted octanol–water partition coefficient (Wildman–Crippen LogP) is 8.20. The van der Waals surface area contributed by atoms with E-state index in [4.69, 9.17) is 4.74 Å². The molecule has 4 fully saturated rings. The minimum Gasteiger partial charge on any atom is -0.423 e. The Morgan fingerprint density at radius 2 is 1.55 bits per heavy atom. The monoisotopic (exact) mass is 501 g/mol. The fourth-order valence-electron chi connectivity index (χ4n) is 9.20. The topological polar surface area (TPSA) is 38.3 Å². The molecule has 192 valence electrons. The Morgan fingerprint density at radius 1 is 0.842 bits per heavy atom. The van der Waals surface area contributed by atoms with Gasteiger partial charge in [-0.1, -0.05) is 54.6 Å². The van der Waals surface area contributed by atoms with E-state index in [1.807, 2.05) is 30.3 Å². The van der Waals surface area contributed by atoms with Crippen molar-refractivity contribution < 1.29 is 9.53 Å². The summed E-state index contributed by atoms with van der Waals surface area (Å²) in [5.74, 6) is 4.13. The van der Waals surface area contributed by atoms with Crippen molar-refractivity contribution in [3.05, 3.63) is 107 Å². The molecule has 0 amide bonds. The highest BCUT2D eigenvalue weighted by Gasteiger charge is 2.52. The molecular formula is C35H35NO2. The number of rotatable bonds is 4. The minimum absolute atomic E-state index is 0.242. The standard InChI is InChI=1S/C35H35NO2/c37-34(26-5-2-1-3-6-26)38-28-12-9-25(10-13-28)33-30-8-4-7-29(30)31-18-27(11-14-32(31)36-33)35-19-22-15-23(20-35)17-24(16-22)21-35/h1-7,9-14,18,22-24,29-30,33,36H,8,15-17,19-21H2. The molecule has 6 aliphatic rings. The van der Waals surface area contributed by atoms with Gasteiger partial charge in [-0.3, -0.25) is 0 Å². The van der Waals surface area contributed by atoms with Gasteiger partial charge < -0.3 is 10.1 Å². The van der Waals surface area contributed by atoms with Crippen molar-refractivity contribution in [3.63, 3.8) is 0 Å². The molecule has 1 heterocycles. The SMILES string of the molecule is O=C(Oc1ccc(C2Nc3ccc(C45CC6CC(CC(C6)C4)C5)cc3C3C=CCC32)cc1)c1ccccc1. The summed E-state index contributed by atoms with van der Waals surface area (Å²) in [4.78, 5) is 12.5. The Morgan fingerprint density at radius 3 is 2.26 bits per heavy atom. The van der Waals surface area contributed by atoms with E-state index < -0.39 is 0 Å². The molecule has 0 aromatic heterocycles. The van der Waals surface area contributed by atoms with Crippen LogP contribution in [0.5, 0.6) is 5.75 Å². The van der Waals surface area contributed by atoms with Crippen molar-refractivity contribution in [2.24, 2.45) is 23.7 Å². The fourth-order valence-corrected chi connectivity index (χ4v) is 9.20. The highest BCUT2D eigenvalue weighted by Crippen LogP contribution is 2.61. The van der Waals surface area contributed by atoms with Gasteiger partial charge in [0, 0.05) is 11.6 Å². The van der Waals surface area contributed by atoms with E-state index in [1.165, 1.54) is 55.3 Å². The highest BCUT2D eigenvalue weighted by molar-refractivity contribution is 5.90. The Balaban J connectivity index is 1.05. The lowest BCUT2D eigenvalue weighted by Gasteiger charge is -2.57. The number of carbonyl (C=O) groups excluding carboxylic acids is 1. The molecule has 0 saturated heterocycles. The molecule has 4 saturated carbocycles. The minimum atomic E-state index is -0.321. The first-order chi connectivity index (χ1) is 18.6. The molecule has 3 aromatic rings. The number of benzene rings is 3. The molecule has 3 nitrogen and oxygen atoms in total. The smallest absolute Gasteiger partial charge is 0.343 e. The van der Waals surface area contributed by atoms with Crippen molar-refractivity contribution >= 4 is 11.7 Å². The highest BCUT2D eigenvalue weighted by atomic mass is 16.5. The second-order valence-corrected chi connectivity index (χ2v) is 12.8. The summed E-state index contributed by atoms with van der Waals surface area (Å²) in [5, 5.41) is 3.92. The molecule has 38 heavy (non-hydrogen) atoms. The number of allylic oxidation sites excluding steroid dienone is 2. The van der Waals surface area contributed by atoms with E-state index in [-0.39, 0.29) is 12.0 Å². The first kappa shape index (κ1) is 22.6. The van der Waals surface area contributed by atoms with Gasteiger partial charge >= 0.3 is 5.97 Å². The number of esters is 1. The Kier molecular flexibility index (Phi) is 5.12. The van der Waals surface area contributed by atoms with Crippen LogP contribution in [0.1, 0.15) is 84.0 Å². The summed E-state index contributed by atoms with van der Waals surface area (Å²) in [6, 6.07) is 25.0. The van der Waals surface area contributed by atoms with Crippen molar-refractivity contribution in [1.82, 2.24) is 0 Å². The molecular weight excluding hydrogens is 466 g/mol. The van der Waals surface area contributed by atoms with Gasteiger partial charge in [0.1, 0.15) is 5.75 Å². The van der Waals surface area contributed by atoms with E-state index in [1.54, 1.807) is 17.7 Å². The molecule has 5 aliphatic carbocycles. The maximum absolute atomic E-state index is 12.5. The fraction of sp³-hybridized carbons (Fsp3) is 0.400. The van der Waals surface area contributed by atoms with Gasteiger partial charge in [0.05, 0.1) is 11.6 Å². The third kappa shape index (κ3) is 3.66. The molecule has 0 spiro atoms. The van der Waals surface area contributed by atoms with Crippen LogP contribution in [0, 0.1) is 23.7 Å². The van der Waals surface area contributed by atoms with Crippen LogP contribution in [0.2, 0.25) is 0 Å². The van der Waals surface area contributed by atoms with Crippen LogP contribution >= 0.6 is 0 Å². The molecule has 1 N–H and O–H groups in total. The maximum Gasteiger partial charge on any atom is 0.343 e. The summed E-state index contributed by atoms with van der Waals surface area (Å²) in [7, 11) is 0. The molecule has 3 atom stereocenters. The zero-order chi connectivity index (χ0) is 25.3. The van der Waals surface area contributed by atoms with Crippen LogP contribution in [0.4, 0.5) is 5.69 Å². The van der Waals surface area contributed by atoms with Crippen molar-refractivity contribution in [3.8, 4) is 5.75 Å². The number of carbonyl (C=O) groups is 1. The van der Waals surface area contributed by atoms with Crippen molar-refractivity contribution in [1.29, 1.82) is 0 Å². The summed E-state index contributed by atoms with van der Waals surface area (Å²) in [5.41, 5.74) is 6.66. The van der Waals surface area contributed by atoms with E-state index in [9.17, 15) is 4.79 Å². The molecule has 4 bridgehead atoms. The van der Waals surface area contributed by atoms with Crippen LogP contribution in [0.25, 0.3) is 0 Å². The number of hydrogen-bond donors (Lipinski definition) is 1. The first-order valence-corrected chi connectivity index (χ1v) is 14.6. The number of anilines is 1. The Labute approximate surface area is 225 Å². The zero-order valence-corrected chi connectivity index (χ0v) is 21.8. The third-order valence-corrected chi connectivity index (χ3v) is 10.5. The van der Waals surface area contributed by atoms with E-state index >= 15 is 0 Å². The molecule has 3 aromatic carbocycles. The summed E-state index contributed by atoms with van der Waals surface area (Å²) in [6.45, 7) is 0. The quantitative estimate of drug-likeness (QED) is 0.222. The van der Waals surface area contributed by atoms with Gasteiger partial charge in [-0.05, 0) is 121 Å². The predicted molar refractivity (Wildman–Crippen MR) is 150 cm³/mol. The van der Waals surface area contributed by atoms with Crippen LogP contribution in [0.3, 0.4) is 0 Å². The second-order valence-electron chi connectivity index (χ2n) is 12.8. The Hall–Kier alpha value is -3.33.